The zero-order valence-electron chi connectivity index (χ0n) is 12.7. The second kappa shape index (κ2) is 6.31. The molecule has 3 rings (SSSR count). The van der Waals surface area contributed by atoms with Crippen molar-refractivity contribution in [2.24, 2.45) is 0 Å². The third-order valence-electron chi connectivity index (χ3n) is 3.39. The average molecular weight is 291 g/mol. The van der Waals surface area contributed by atoms with Crippen LogP contribution in [0.2, 0.25) is 0 Å². The molecule has 0 atom stereocenters. The Morgan fingerprint density at radius 3 is 2.77 bits per heavy atom. The fourth-order valence-electron chi connectivity index (χ4n) is 2.19. The molecule has 22 heavy (non-hydrogen) atoms. The lowest BCUT2D eigenvalue weighted by Crippen LogP contribution is -2.03. The maximum atomic E-state index is 5.28. The third-order valence-corrected chi connectivity index (χ3v) is 3.39. The zero-order valence-corrected chi connectivity index (χ0v) is 12.7. The van der Waals surface area contributed by atoms with Crippen LogP contribution in [0.3, 0.4) is 0 Å². The SMILES string of the molecule is CCc1nccn1Cc1cc(C#Cc2ccc(C)cc2)on1. The maximum absolute atomic E-state index is 5.28. The van der Waals surface area contributed by atoms with E-state index in [0.29, 0.717) is 12.3 Å². The zero-order chi connectivity index (χ0) is 15.4. The molecule has 4 heteroatoms. The Bertz CT molecular complexity index is 816. The van der Waals surface area contributed by atoms with Gasteiger partial charge in [-0.05, 0) is 25.0 Å². The highest BCUT2D eigenvalue weighted by Crippen LogP contribution is 2.08. The van der Waals surface area contributed by atoms with Crippen LogP contribution in [0.4, 0.5) is 0 Å². The van der Waals surface area contributed by atoms with Crippen LogP contribution in [-0.4, -0.2) is 14.7 Å². The molecule has 0 saturated carbocycles. The first kappa shape index (κ1) is 14.2. The van der Waals surface area contributed by atoms with Crippen LogP contribution < -0.4 is 0 Å². The molecule has 0 N–H and O–H groups in total. The van der Waals surface area contributed by atoms with E-state index in [9.17, 15) is 0 Å². The minimum absolute atomic E-state index is 0.578. The monoisotopic (exact) mass is 291 g/mol. The van der Waals surface area contributed by atoms with E-state index < -0.39 is 0 Å². The predicted octanol–water partition coefficient (Wildman–Crippen LogP) is 3.19. The molecule has 1 aromatic carbocycles. The second-order valence-electron chi connectivity index (χ2n) is 5.12. The van der Waals surface area contributed by atoms with Crippen LogP contribution in [0, 0.1) is 18.8 Å². The van der Waals surface area contributed by atoms with Crippen molar-refractivity contribution in [1.29, 1.82) is 0 Å². The molecule has 0 aliphatic carbocycles. The Hall–Kier alpha value is -2.80. The summed E-state index contributed by atoms with van der Waals surface area (Å²) in [5.41, 5.74) is 3.03. The quantitative estimate of drug-likeness (QED) is 0.696. The molecule has 2 aromatic heterocycles. The highest BCUT2D eigenvalue weighted by atomic mass is 16.5. The first-order valence-electron chi connectivity index (χ1n) is 7.29. The van der Waals surface area contributed by atoms with Crippen molar-refractivity contribution >= 4 is 0 Å². The smallest absolute Gasteiger partial charge is 0.210 e. The number of imidazole rings is 1. The van der Waals surface area contributed by atoms with Crippen molar-refractivity contribution in [2.45, 2.75) is 26.8 Å². The standard InChI is InChI=1S/C18H17N3O/c1-3-18-19-10-11-21(18)13-16-12-17(22-20-16)9-8-15-6-4-14(2)5-7-15/h4-7,10-12H,3,13H2,1-2H3. The summed E-state index contributed by atoms with van der Waals surface area (Å²) in [4.78, 5) is 4.30. The molecule has 0 aliphatic heterocycles. The molecule has 0 unspecified atom stereocenters. The van der Waals surface area contributed by atoms with Gasteiger partial charge in [0.2, 0.25) is 5.76 Å². The molecule has 4 nitrogen and oxygen atoms in total. The van der Waals surface area contributed by atoms with E-state index in [0.717, 1.165) is 23.5 Å². The number of hydrogen-bond donors (Lipinski definition) is 0. The molecule has 2 heterocycles. The molecule has 110 valence electrons. The molecule has 0 radical (unpaired) electrons. The normalized spacial score (nSPS) is 10.3. The Morgan fingerprint density at radius 1 is 1.18 bits per heavy atom. The van der Waals surface area contributed by atoms with Gasteiger partial charge in [0.05, 0.1) is 6.54 Å². The van der Waals surface area contributed by atoms with Crippen molar-refractivity contribution in [2.75, 3.05) is 0 Å². The average Bonchev–Trinajstić information content (AvgIpc) is 3.16. The summed E-state index contributed by atoms with van der Waals surface area (Å²) in [5.74, 6) is 7.70. The third kappa shape index (κ3) is 3.26. The summed E-state index contributed by atoms with van der Waals surface area (Å²) in [6.45, 7) is 4.79. The first-order chi connectivity index (χ1) is 10.7. The minimum Gasteiger partial charge on any atom is -0.347 e. The molecule has 0 spiro atoms. The van der Waals surface area contributed by atoms with E-state index in [4.69, 9.17) is 4.52 Å². The Balaban J connectivity index is 1.73. The van der Waals surface area contributed by atoms with E-state index in [2.05, 4.69) is 40.4 Å². The molecule has 0 fully saturated rings. The number of aryl methyl sites for hydroxylation is 2. The van der Waals surface area contributed by atoms with Crippen LogP contribution >= 0.6 is 0 Å². The number of nitrogens with zero attached hydrogens (tertiary/aromatic N) is 3. The van der Waals surface area contributed by atoms with Gasteiger partial charge in [0.1, 0.15) is 11.5 Å². The highest BCUT2D eigenvalue weighted by molar-refractivity contribution is 5.40. The van der Waals surface area contributed by atoms with Gasteiger partial charge in [-0.15, -0.1) is 0 Å². The summed E-state index contributed by atoms with van der Waals surface area (Å²) in [6, 6.07) is 9.96. The number of benzene rings is 1. The molecule has 0 saturated heterocycles. The van der Waals surface area contributed by atoms with Gasteiger partial charge in [0, 0.05) is 30.4 Å². The lowest BCUT2D eigenvalue weighted by molar-refractivity contribution is 0.401. The Morgan fingerprint density at radius 2 is 2.00 bits per heavy atom. The molecule has 0 bridgehead atoms. The maximum Gasteiger partial charge on any atom is 0.210 e. The predicted molar refractivity (Wildman–Crippen MR) is 84.4 cm³/mol. The molecule has 0 aliphatic rings. The van der Waals surface area contributed by atoms with E-state index in [1.54, 1.807) is 6.20 Å². The van der Waals surface area contributed by atoms with Crippen LogP contribution in [0.5, 0.6) is 0 Å². The Labute approximate surface area is 129 Å². The van der Waals surface area contributed by atoms with Gasteiger partial charge in [0.15, 0.2) is 0 Å². The number of hydrogen-bond acceptors (Lipinski definition) is 3. The van der Waals surface area contributed by atoms with Crippen molar-refractivity contribution in [1.82, 2.24) is 14.7 Å². The summed E-state index contributed by atoms with van der Waals surface area (Å²) in [6.07, 6.45) is 4.65. The van der Waals surface area contributed by atoms with Gasteiger partial charge in [-0.1, -0.05) is 35.7 Å². The molecule has 3 aromatic rings. The minimum atomic E-state index is 0.578. The van der Waals surface area contributed by atoms with E-state index >= 15 is 0 Å². The van der Waals surface area contributed by atoms with E-state index in [-0.39, 0.29) is 0 Å². The van der Waals surface area contributed by atoms with Crippen LogP contribution in [0.15, 0.2) is 47.2 Å². The lowest BCUT2D eigenvalue weighted by atomic mass is 10.1. The van der Waals surface area contributed by atoms with Crippen LogP contribution in [0.1, 0.15) is 35.3 Å². The van der Waals surface area contributed by atoms with Gasteiger partial charge < -0.3 is 9.09 Å². The largest absolute Gasteiger partial charge is 0.347 e. The molecular formula is C18H17N3O. The van der Waals surface area contributed by atoms with E-state index in [1.807, 2.05) is 36.5 Å². The van der Waals surface area contributed by atoms with Gasteiger partial charge >= 0.3 is 0 Å². The van der Waals surface area contributed by atoms with Crippen LogP contribution in [0.25, 0.3) is 0 Å². The fourth-order valence-corrected chi connectivity index (χ4v) is 2.19. The first-order valence-corrected chi connectivity index (χ1v) is 7.29. The fraction of sp³-hybridized carbons (Fsp3) is 0.222. The molecular weight excluding hydrogens is 274 g/mol. The van der Waals surface area contributed by atoms with Gasteiger partial charge in [-0.3, -0.25) is 0 Å². The second-order valence-corrected chi connectivity index (χ2v) is 5.12. The van der Waals surface area contributed by atoms with Gasteiger partial charge in [0.25, 0.3) is 0 Å². The van der Waals surface area contributed by atoms with E-state index in [1.165, 1.54) is 5.56 Å². The Kier molecular flexibility index (Phi) is 4.06. The number of rotatable bonds is 3. The lowest BCUT2D eigenvalue weighted by Gasteiger charge is -2.02. The highest BCUT2D eigenvalue weighted by Gasteiger charge is 2.05. The molecule has 0 amide bonds. The van der Waals surface area contributed by atoms with Gasteiger partial charge in [-0.25, -0.2) is 4.98 Å². The van der Waals surface area contributed by atoms with Crippen molar-refractivity contribution in [3.63, 3.8) is 0 Å². The van der Waals surface area contributed by atoms with Gasteiger partial charge in [-0.2, -0.15) is 0 Å². The summed E-state index contributed by atoms with van der Waals surface area (Å²) in [7, 11) is 0. The van der Waals surface area contributed by atoms with Crippen LogP contribution in [-0.2, 0) is 13.0 Å². The number of aromatic nitrogens is 3. The van der Waals surface area contributed by atoms with Crippen molar-refractivity contribution < 1.29 is 4.52 Å². The van der Waals surface area contributed by atoms with Crippen molar-refractivity contribution in [3.05, 3.63) is 71.1 Å². The summed E-state index contributed by atoms with van der Waals surface area (Å²) >= 11 is 0. The van der Waals surface area contributed by atoms with Crippen molar-refractivity contribution in [3.8, 4) is 11.8 Å². The summed E-state index contributed by atoms with van der Waals surface area (Å²) in [5, 5.41) is 4.07. The summed E-state index contributed by atoms with van der Waals surface area (Å²) < 4.78 is 7.34. The topological polar surface area (TPSA) is 43.9 Å².